The second-order valence-electron chi connectivity index (χ2n) is 4.74. The molecule has 0 amide bonds. The normalized spacial score (nSPS) is 13.2. The molecule has 0 heterocycles. The lowest BCUT2D eigenvalue weighted by molar-refractivity contribution is 0.294. The summed E-state index contributed by atoms with van der Waals surface area (Å²) in [7, 11) is -1.35. The van der Waals surface area contributed by atoms with E-state index in [1.54, 1.807) is 11.8 Å². The molecule has 1 atom stereocenters. The Kier molecular flexibility index (Phi) is 6.53. The molecule has 1 unspecified atom stereocenters. The Hall–Kier alpha value is -1.03. The van der Waals surface area contributed by atoms with Crippen molar-refractivity contribution in [3.8, 4) is 6.07 Å². The highest BCUT2D eigenvalue weighted by Gasteiger charge is 2.17. The number of benzene rings is 1. The van der Waals surface area contributed by atoms with Gasteiger partial charge in [0.15, 0.2) is 9.84 Å². The third-order valence-corrected chi connectivity index (χ3v) is 5.74. The van der Waals surface area contributed by atoms with E-state index in [0.717, 1.165) is 5.75 Å². The molecule has 1 rings (SSSR count). The van der Waals surface area contributed by atoms with Crippen LogP contribution in [0.5, 0.6) is 0 Å². The third-order valence-electron chi connectivity index (χ3n) is 3.22. The molecule has 0 fully saturated rings. The first-order chi connectivity index (χ1) is 9.40. The van der Waals surface area contributed by atoms with Crippen LogP contribution in [0.4, 0.5) is 0 Å². The van der Waals surface area contributed by atoms with Gasteiger partial charge in [-0.2, -0.15) is 17.0 Å². The molecule has 1 aromatic carbocycles. The lowest BCUT2D eigenvalue weighted by Crippen LogP contribution is -2.34. The van der Waals surface area contributed by atoms with Gasteiger partial charge in [-0.3, -0.25) is 0 Å². The van der Waals surface area contributed by atoms with Crippen LogP contribution in [0.25, 0.3) is 0 Å². The maximum atomic E-state index is 12.2. The van der Waals surface area contributed by atoms with Crippen LogP contribution in [-0.4, -0.2) is 50.7 Å². The summed E-state index contributed by atoms with van der Waals surface area (Å²) in [6, 6.07) is 8.40. The molecule has 0 radical (unpaired) electrons. The fourth-order valence-corrected chi connectivity index (χ4v) is 3.76. The Morgan fingerprint density at radius 2 is 1.95 bits per heavy atom. The predicted octanol–water partition coefficient (Wildman–Crippen LogP) is 2.02. The maximum absolute atomic E-state index is 12.2. The SMILES string of the molecule is CSCC(C)N(C)CCS(=O)(=O)c1ccc(C#N)cc1. The van der Waals surface area contributed by atoms with Gasteiger partial charge in [0.2, 0.25) is 0 Å². The summed E-state index contributed by atoms with van der Waals surface area (Å²) in [6.45, 7) is 2.59. The zero-order valence-corrected chi connectivity index (χ0v) is 13.7. The average Bonchev–Trinajstić information content (AvgIpc) is 2.45. The van der Waals surface area contributed by atoms with Gasteiger partial charge >= 0.3 is 0 Å². The van der Waals surface area contributed by atoms with Gasteiger partial charge in [0.1, 0.15) is 0 Å². The average molecular weight is 312 g/mol. The molecule has 110 valence electrons. The minimum atomic E-state index is -3.29. The number of sulfone groups is 1. The lowest BCUT2D eigenvalue weighted by Gasteiger charge is -2.23. The Balaban J connectivity index is 2.68. The fourth-order valence-electron chi connectivity index (χ4n) is 1.71. The molecule has 0 saturated heterocycles. The Labute approximate surface area is 125 Å². The highest BCUT2D eigenvalue weighted by atomic mass is 32.2. The number of hydrogen-bond donors (Lipinski definition) is 0. The smallest absolute Gasteiger partial charge is 0.179 e. The van der Waals surface area contributed by atoms with Gasteiger partial charge < -0.3 is 4.90 Å². The van der Waals surface area contributed by atoms with Crippen molar-refractivity contribution in [2.24, 2.45) is 0 Å². The van der Waals surface area contributed by atoms with Gasteiger partial charge in [-0.1, -0.05) is 0 Å². The molecule has 0 aliphatic rings. The standard InChI is InChI=1S/C14H20N2O2S2/c1-12(11-19-3)16(2)8-9-20(17,18)14-6-4-13(10-15)5-7-14/h4-7,12H,8-9,11H2,1-3H3. The Morgan fingerprint density at radius 1 is 1.35 bits per heavy atom. The fraction of sp³-hybridized carbons (Fsp3) is 0.500. The largest absolute Gasteiger partial charge is 0.302 e. The number of nitrogens with zero attached hydrogens (tertiary/aromatic N) is 2. The first-order valence-electron chi connectivity index (χ1n) is 6.33. The molecule has 0 bridgehead atoms. The van der Waals surface area contributed by atoms with Crippen LogP contribution in [-0.2, 0) is 9.84 Å². The molecule has 0 spiro atoms. The lowest BCUT2D eigenvalue weighted by atomic mass is 10.2. The molecule has 4 nitrogen and oxygen atoms in total. The minimum absolute atomic E-state index is 0.0914. The van der Waals surface area contributed by atoms with E-state index in [9.17, 15) is 8.42 Å². The molecular weight excluding hydrogens is 292 g/mol. The predicted molar refractivity (Wildman–Crippen MR) is 83.7 cm³/mol. The van der Waals surface area contributed by atoms with E-state index in [2.05, 4.69) is 11.8 Å². The van der Waals surface area contributed by atoms with Crippen LogP contribution in [0.1, 0.15) is 12.5 Å². The van der Waals surface area contributed by atoms with Gasteiger partial charge in [-0.05, 0) is 44.5 Å². The van der Waals surface area contributed by atoms with Crippen LogP contribution in [0.2, 0.25) is 0 Å². The van der Waals surface area contributed by atoms with Crippen LogP contribution in [0, 0.1) is 11.3 Å². The van der Waals surface area contributed by atoms with Gasteiger partial charge in [-0.15, -0.1) is 0 Å². The Morgan fingerprint density at radius 3 is 2.45 bits per heavy atom. The summed E-state index contributed by atoms with van der Waals surface area (Å²) in [4.78, 5) is 2.33. The molecular formula is C14H20N2O2S2. The number of rotatable bonds is 7. The van der Waals surface area contributed by atoms with Crippen LogP contribution < -0.4 is 0 Å². The van der Waals surface area contributed by atoms with Gasteiger partial charge in [0.25, 0.3) is 0 Å². The molecule has 0 aliphatic carbocycles. The molecule has 0 saturated carbocycles. The maximum Gasteiger partial charge on any atom is 0.179 e. The second kappa shape index (κ2) is 7.67. The number of hydrogen-bond acceptors (Lipinski definition) is 5. The minimum Gasteiger partial charge on any atom is -0.302 e. The summed E-state index contributed by atoms with van der Waals surface area (Å²) in [5.74, 6) is 1.07. The number of nitriles is 1. The first kappa shape index (κ1) is 17.0. The van der Waals surface area contributed by atoms with Gasteiger partial charge in [0.05, 0.1) is 22.3 Å². The van der Waals surface area contributed by atoms with Crippen molar-refractivity contribution < 1.29 is 8.42 Å². The van der Waals surface area contributed by atoms with Crippen molar-refractivity contribution in [3.05, 3.63) is 29.8 Å². The quantitative estimate of drug-likeness (QED) is 0.771. The van der Waals surface area contributed by atoms with E-state index in [0.29, 0.717) is 18.2 Å². The zero-order valence-electron chi connectivity index (χ0n) is 12.0. The first-order valence-corrected chi connectivity index (χ1v) is 9.37. The van der Waals surface area contributed by atoms with Crippen molar-refractivity contribution in [2.75, 3.05) is 31.4 Å². The van der Waals surface area contributed by atoms with Crippen LogP contribution >= 0.6 is 11.8 Å². The third kappa shape index (κ3) is 4.82. The molecule has 20 heavy (non-hydrogen) atoms. The van der Waals surface area contributed by atoms with Crippen molar-refractivity contribution >= 4 is 21.6 Å². The summed E-state index contributed by atoms with van der Waals surface area (Å²) in [5, 5.41) is 8.71. The second-order valence-corrected chi connectivity index (χ2v) is 7.76. The zero-order chi connectivity index (χ0) is 15.2. The van der Waals surface area contributed by atoms with Gasteiger partial charge in [0, 0.05) is 18.3 Å². The van der Waals surface area contributed by atoms with Crippen LogP contribution in [0.3, 0.4) is 0 Å². The summed E-state index contributed by atoms with van der Waals surface area (Å²) in [5.41, 5.74) is 0.467. The highest BCUT2D eigenvalue weighted by Crippen LogP contribution is 2.13. The van der Waals surface area contributed by atoms with Gasteiger partial charge in [-0.25, -0.2) is 8.42 Å². The van der Waals surface area contributed by atoms with E-state index >= 15 is 0 Å². The Bertz CT molecular complexity index is 562. The molecule has 6 heteroatoms. The van der Waals surface area contributed by atoms with E-state index < -0.39 is 9.84 Å². The number of thioether (sulfide) groups is 1. The highest BCUT2D eigenvalue weighted by molar-refractivity contribution is 7.98. The van der Waals surface area contributed by atoms with E-state index in [-0.39, 0.29) is 10.6 Å². The molecule has 0 aromatic heterocycles. The topological polar surface area (TPSA) is 61.2 Å². The van der Waals surface area contributed by atoms with Crippen molar-refractivity contribution in [1.29, 1.82) is 5.26 Å². The summed E-state index contributed by atoms with van der Waals surface area (Å²) < 4.78 is 24.4. The summed E-state index contributed by atoms with van der Waals surface area (Å²) in [6.07, 6.45) is 2.04. The molecule has 0 aliphatic heterocycles. The van der Waals surface area contributed by atoms with E-state index in [1.807, 2.05) is 19.4 Å². The summed E-state index contributed by atoms with van der Waals surface area (Å²) >= 11 is 1.75. The monoisotopic (exact) mass is 312 g/mol. The molecule has 0 N–H and O–H groups in total. The van der Waals surface area contributed by atoms with Crippen molar-refractivity contribution in [2.45, 2.75) is 17.9 Å². The van der Waals surface area contributed by atoms with Crippen LogP contribution in [0.15, 0.2) is 29.2 Å². The van der Waals surface area contributed by atoms with Crippen molar-refractivity contribution in [3.63, 3.8) is 0 Å². The van der Waals surface area contributed by atoms with Crippen molar-refractivity contribution in [1.82, 2.24) is 4.90 Å². The van der Waals surface area contributed by atoms with E-state index in [4.69, 9.17) is 5.26 Å². The van der Waals surface area contributed by atoms with E-state index in [1.165, 1.54) is 24.3 Å². The molecule has 1 aromatic rings.